The first-order valence-corrected chi connectivity index (χ1v) is 17.8. The molecule has 0 bridgehead atoms. The van der Waals surface area contributed by atoms with Gasteiger partial charge in [0.2, 0.25) is 27.7 Å². The van der Waals surface area contributed by atoms with E-state index in [0.717, 1.165) is 11.0 Å². The van der Waals surface area contributed by atoms with Crippen molar-refractivity contribution in [2.75, 3.05) is 31.9 Å². The first-order chi connectivity index (χ1) is 19.8. The highest BCUT2D eigenvalue weighted by Crippen LogP contribution is 2.23. The lowest BCUT2D eigenvalue weighted by atomic mass is 10.1. The van der Waals surface area contributed by atoms with Crippen molar-refractivity contribution in [2.24, 2.45) is 0 Å². The molecule has 0 saturated carbocycles. The molecule has 42 heavy (non-hydrogen) atoms. The maximum Gasteiger partial charge on any atom is 0.242 e. The van der Waals surface area contributed by atoms with Crippen LogP contribution in [0.25, 0.3) is 6.08 Å². The second kappa shape index (κ2) is 13.7. The Balaban J connectivity index is 1.29. The van der Waals surface area contributed by atoms with Crippen LogP contribution in [0.2, 0.25) is 4.34 Å². The van der Waals surface area contributed by atoms with E-state index in [1.54, 1.807) is 29.2 Å². The highest BCUT2D eigenvalue weighted by atomic mass is 35.5. The summed E-state index contributed by atoms with van der Waals surface area (Å²) in [5.41, 5.74) is 0.903. The van der Waals surface area contributed by atoms with Gasteiger partial charge in [-0.3, -0.25) is 14.4 Å². The number of sulfonamides is 1. The monoisotopic (exact) mass is 656 g/mol. The van der Waals surface area contributed by atoms with E-state index in [2.05, 4.69) is 10.0 Å². The number of halogens is 1. The third-order valence-electron chi connectivity index (χ3n) is 7.10. The number of thiophene rings is 1. The van der Waals surface area contributed by atoms with Gasteiger partial charge in [0.05, 0.1) is 15.8 Å². The zero-order chi connectivity index (χ0) is 30.5. The molecule has 4 rings (SSSR count). The van der Waals surface area contributed by atoms with Gasteiger partial charge in [0.15, 0.2) is 9.84 Å². The number of likely N-dealkylation sites (tertiary alicyclic amines) is 2. The van der Waals surface area contributed by atoms with E-state index >= 15 is 0 Å². The summed E-state index contributed by atoms with van der Waals surface area (Å²) in [6.07, 6.45) is 3.55. The zero-order valence-electron chi connectivity index (χ0n) is 23.0. The van der Waals surface area contributed by atoms with E-state index in [1.165, 1.54) is 34.4 Å². The van der Waals surface area contributed by atoms with Gasteiger partial charge in [0.1, 0.15) is 11.8 Å². The zero-order valence-corrected chi connectivity index (χ0v) is 26.2. The Hall–Kier alpha value is -2.78. The maximum atomic E-state index is 13.2. The number of sulfone groups is 1. The number of carbonyl (C=O) groups is 3. The first kappa shape index (κ1) is 32.1. The number of rotatable bonds is 11. The standard InChI is InChI=1S/C27H33ClN4O7S3/c1-19-6-9-22(10-7-19)41(36,37)18-25(33)29-16-20-4-2-14-32(20)26(34)17-31-13-3-5-23(27(31)35)30-42(38,39)15-12-21-8-11-24(28)40-21/h6-12,15,20,23,30H,2-5,13-14,16-18H2,1H3,(H,29,33)/b15-12+. The van der Waals surface area contributed by atoms with Gasteiger partial charge in [-0.2, -0.15) is 4.72 Å². The molecule has 11 nitrogen and oxygen atoms in total. The van der Waals surface area contributed by atoms with Crippen molar-refractivity contribution in [2.45, 2.75) is 49.6 Å². The molecule has 1 aromatic carbocycles. The Labute approximate surface area is 254 Å². The first-order valence-electron chi connectivity index (χ1n) is 13.4. The summed E-state index contributed by atoms with van der Waals surface area (Å²) in [4.78, 5) is 42.4. The van der Waals surface area contributed by atoms with Crippen LogP contribution in [-0.2, 0) is 34.2 Å². The SMILES string of the molecule is Cc1ccc(S(=O)(=O)CC(=O)NCC2CCCN2C(=O)CN2CCCC(NS(=O)(=O)/C=C/c3ccc(Cl)s3)C2=O)cc1. The van der Waals surface area contributed by atoms with Crippen LogP contribution in [0.1, 0.15) is 36.1 Å². The molecule has 0 radical (unpaired) electrons. The fraction of sp³-hybridized carbons (Fsp3) is 0.444. The van der Waals surface area contributed by atoms with Crippen molar-refractivity contribution < 1.29 is 31.2 Å². The molecule has 2 aliphatic heterocycles. The lowest BCUT2D eigenvalue weighted by molar-refractivity contribution is -0.143. The van der Waals surface area contributed by atoms with Gasteiger partial charge >= 0.3 is 0 Å². The number of piperidine rings is 1. The number of nitrogens with zero attached hydrogens (tertiary/aromatic N) is 2. The van der Waals surface area contributed by atoms with Crippen LogP contribution in [0.15, 0.2) is 46.7 Å². The summed E-state index contributed by atoms with van der Waals surface area (Å²) in [7, 11) is -7.73. The second-order valence-corrected chi connectivity index (χ2v) is 15.7. The van der Waals surface area contributed by atoms with Crippen LogP contribution in [0, 0.1) is 6.92 Å². The van der Waals surface area contributed by atoms with E-state index < -0.39 is 43.5 Å². The smallest absolute Gasteiger partial charge is 0.242 e. The Kier molecular flexibility index (Phi) is 10.5. The van der Waals surface area contributed by atoms with Gasteiger partial charge in [-0.15, -0.1) is 11.3 Å². The number of nitrogens with one attached hydrogen (secondary N) is 2. The Bertz CT molecular complexity index is 1560. The molecule has 15 heteroatoms. The average Bonchev–Trinajstić information content (AvgIpc) is 3.57. The summed E-state index contributed by atoms with van der Waals surface area (Å²) in [5.74, 6) is -2.15. The Morgan fingerprint density at radius 3 is 2.45 bits per heavy atom. The number of carbonyl (C=O) groups excluding carboxylic acids is 3. The molecule has 228 valence electrons. The minimum Gasteiger partial charge on any atom is -0.353 e. The molecule has 0 spiro atoms. The van der Waals surface area contributed by atoms with Gasteiger partial charge in [-0.05, 0) is 62.9 Å². The Morgan fingerprint density at radius 1 is 1.05 bits per heavy atom. The number of aryl methyl sites for hydroxylation is 1. The number of hydrogen-bond acceptors (Lipinski definition) is 8. The Morgan fingerprint density at radius 2 is 1.76 bits per heavy atom. The van der Waals surface area contributed by atoms with Gasteiger partial charge in [-0.25, -0.2) is 16.8 Å². The molecule has 2 N–H and O–H groups in total. The molecule has 2 unspecified atom stereocenters. The molecule has 2 saturated heterocycles. The predicted molar refractivity (Wildman–Crippen MR) is 161 cm³/mol. The predicted octanol–water partition coefficient (Wildman–Crippen LogP) is 2.17. The summed E-state index contributed by atoms with van der Waals surface area (Å²) >= 11 is 7.10. The minimum absolute atomic E-state index is 0.0659. The van der Waals surface area contributed by atoms with Gasteiger partial charge in [-0.1, -0.05) is 29.3 Å². The van der Waals surface area contributed by atoms with Crippen LogP contribution in [0.5, 0.6) is 0 Å². The summed E-state index contributed by atoms with van der Waals surface area (Å²) < 4.78 is 53.2. The van der Waals surface area contributed by atoms with Crippen molar-refractivity contribution in [3.05, 3.63) is 56.6 Å². The third kappa shape index (κ3) is 8.63. The van der Waals surface area contributed by atoms with Crippen LogP contribution >= 0.6 is 22.9 Å². The molecule has 2 aliphatic rings. The van der Waals surface area contributed by atoms with E-state index in [9.17, 15) is 31.2 Å². The molecule has 2 fully saturated rings. The van der Waals surface area contributed by atoms with Crippen LogP contribution in [0.4, 0.5) is 0 Å². The largest absolute Gasteiger partial charge is 0.353 e. The number of hydrogen-bond donors (Lipinski definition) is 2. The normalized spacial score (nSPS) is 19.9. The van der Waals surface area contributed by atoms with Crippen LogP contribution < -0.4 is 10.0 Å². The number of amides is 3. The van der Waals surface area contributed by atoms with E-state index in [0.29, 0.717) is 48.0 Å². The van der Waals surface area contributed by atoms with Gasteiger partial charge < -0.3 is 15.1 Å². The summed E-state index contributed by atoms with van der Waals surface area (Å²) in [5, 5.41) is 3.62. The molecule has 3 amide bonds. The third-order valence-corrected chi connectivity index (χ3v) is 11.0. The minimum atomic E-state index is -3.92. The summed E-state index contributed by atoms with van der Waals surface area (Å²) in [6.45, 7) is 2.47. The van der Waals surface area contributed by atoms with E-state index in [4.69, 9.17) is 11.6 Å². The summed E-state index contributed by atoms with van der Waals surface area (Å²) in [6, 6.07) is 8.26. The number of benzene rings is 1. The quantitative estimate of drug-likeness (QED) is 0.376. The average molecular weight is 657 g/mol. The molecule has 2 atom stereocenters. The molecule has 1 aromatic heterocycles. The highest BCUT2D eigenvalue weighted by Gasteiger charge is 2.35. The van der Waals surface area contributed by atoms with Crippen LogP contribution in [0.3, 0.4) is 0 Å². The molecule has 2 aromatic rings. The molecule has 0 aliphatic carbocycles. The van der Waals surface area contributed by atoms with E-state index in [-0.39, 0.29) is 29.9 Å². The van der Waals surface area contributed by atoms with Crippen LogP contribution in [-0.4, -0.2) is 88.4 Å². The second-order valence-electron chi connectivity index (χ2n) is 10.3. The van der Waals surface area contributed by atoms with Crippen molar-refractivity contribution in [3.63, 3.8) is 0 Å². The fourth-order valence-corrected chi connectivity index (χ4v) is 8.17. The fourth-order valence-electron chi connectivity index (χ4n) is 4.93. The maximum absolute atomic E-state index is 13.2. The van der Waals surface area contributed by atoms with Crippen molar-refractivity contribution >= 4 is 66.6 Å². The van der Waals surface area contributed by atoms with Crippen molar-refractivity contribution in [1.82, 2.24) is 19.8 Å². The van der Waals surface area contributed by atoms with Crippen molar-refractivity contribution in [3.8, 4) is 0 Å². The lowest BCUT2D eigenvalue weighted by Crippen LogP contribution is -2.55. The highest BCUT2D eigenvalue weighted by molar-refractivity contribution is 7.92. The topological polar surface area (TPSA) is 150 Å². The van der Waals surface area contributed by atoms with Crippen molar-refractivity contribution in [1.29, 1.82) is 0 Å². The lowest BCUT2D eigenvalue weighted by Gasteiger charge is -2.34. The molecular formula is C27H33ClN4O7S3. The molecular weight excluding hydrogens is 624 g/mol. The van der Waals surface area contributed by atoms with Gasteiger partial charge in [0, 0.05) is 36.0 Å². The molecule has 3 heterocycles. The van der Waals surface area contributed by atoms with Gasteiger partial charge in [0.25, 0.3) is 0 Å². The van der Waals surface area contributed by atoms with E-state index in [1.807, 2.05) is 6.92 Å².